The number of hydrogen-bond donors (Lipinski definition) is 0. The van der Waals surface area contributed by atoms with Crippen molar-refractivity contribution < 1.29 is 4.79 Å². The molecular weight excluding hydrogens is 260 g/mol. The molecule has 0 amide bonds. The second-order valence-corrected chi connectivity index (χ2v) is 5.15. The fraction of sp³-hybridized carbons (Fsp3) is 0.267. The Bertz CT molecular complexity index is 610. The van der Waals surface area contributed by atoms with Gasteiger partial charge in [-0.3, -0.25) is 14.8 Å². The first kappa shape index (κ1) is 12.3. The Morgan fingerprint density at radius 1 is 1.26 bits per heavy atom. The molecule has 2 heterocycles. The van der Waals surface area contributed by atoms with Gasteiger partial charge in [0.05, 0.1) is 16.6 Å². The first-order valence-corrected chi connectivity index (χ1v) is 6.73. The molecule has 0 aromatic carbocycles. The maximum Gasteiger partial charge on any atom is 0.190 e. The van der Waals surface area contributed by atoms with Crippen LogP contribution in [0.5, 0.6) is 0 Å². The van der Waals surface area contributed by atoms with Crippen molar-refractivity contribution in [2.24, 2.45) is 0 Å². The summed E-state index contributed by atoms with van der Waals surface area (Å²) < 4.78 is 0. The summed E-state index contributed by atoms with van der Waals surface area (Å²) in [5.74, 6) is -0.130. The van der Waals surface area contributed by atoms with E-state index in [4.69, 9.17) is 11.6 Å². The van der Waals surface area contributed by atoms with Crippen molar-refractivity contribution in [1.29, 1.82) is 0 Å². The summed E-state index contributed by atoms with van der Waals surface area (Å²) in [6.07, 6.45) is 6.12. The van der Waals surface area contributed by atoms with Gasteiger partial charge in [-0.05, 0) is 43.0 Å². The van der Waals surface area contributed by atoms with Crippen LogP contribution in [0, 0.1) is 0 Å². The number of fused-ring (bicyclic) bond motifs is 1. The standard InChI is InChI=1S/C15H13ClN2O/c16-11-6-7-13(18-9-11)15(19)12-5-1-3-10-4-2-8-17-14(10)12/h2,4,6-9,12H,1,3,5H2. The molecule has 1 aliphatic carbocycles. The summed E-state index contributed by atoms with van der Waals surface area (Å²) in [6, 6.07) is 7.36. The average molecular weight is 273 g/mol. The number of carbonyl (C=O) groups excluding carboxylic acids is 1. The van der Waals surface area contributed by atoms with Gasteiger partial charge >= 0.3 is 0 Å². The molecule has 1 atom stereocenters. The van der Waals surface area contributed by atoms with Crippen LogP contribution < -0.4 is 0 Å². The van der Waals surface area contributed by atoms with Gasteiger partial charge in [0.25, 0.3) is 0 Å². The van der Waals surface area contributed by atoms with Crippen LogP contribution in [0.15, 0.2) is 36.7 Å². The van der Waals surface area contributed by atoms with Crippen LogP contribution in [0.2, 0.25) is 5.02 Å². The van der Waals surface area contributed by atoms with Crippen molar-refractivity contribution in [1.82, 2.24) is 9.97 Å². The van der Waals surface area contributed by atoms with Crippen molar-refractivity contribution in [3.05, 3.63) is 58.6 Å². The monoisotopic (exact) mass is 272 g/mol. The molecule has 3 nitrogen and oxygen atoms in total. The van der Waals surface area contributed by atoms with E-state index in [-0.39, 0.29) is 11.7 Å². The van der Waals surface area contributed by atoms with Gasteiger partial charge in [-0.15, -0.1) is 0 Å². The first-order valence-electron chi connectivity index (χ1n) is 6.35. The molecule has 3 rings (SSSR count). The fourth-order valence-electron chi connectivity index (χ4n) is 2.56. The highest BCUT2D eigenvalue weighted by molar-refractivity contribution is 6.30. The average Bonchev–Trinajstić information content (AvgIpc) is 2.47. The smallest absolute Gasteiger partial charge is 0.190 e. The Labute approximate surface area is 116 Å². The van der Waals surface area contributed by atoms with E-state index in [1.165, 1.54) is 11.8 Å². The van der Waals surface area contributed by atoms with Crippen LogP contribution in [0.4, 0.5) is 0 Å². The van der Waals surface area contributed by atoms with Gasteiger partial charge < -0.3 is 0 Å². The number of hydrogen-bond acceptors (Lipinski definition) is 3. The van der Waals surface area contributed by atoms with E-state index in [9.17, 15) is 4.79 Å². The zero-order chi connectivity index (χ0) is 13.2. The third-order valence-electron chi connectivity index (χ3n) is 3.49. The van der Waals surface area contributed by atoms with Crippen LogP contribution in [0.25, 0.3) is 0 Å². The highest BCUT2D eigenvalue weighted by atomic mass is 35.5. The summed E-state index contributed by atoms with van der Waals surface area (Å²) in [7, 11) is 0. The van der Waals surface area contributed by atoms with Crippen LogP contribution in [-0.2, 0) is 6.42 Å². The molecule has 0 saturated carbocycles. The second kappa shape index (κ2) is 5.10. The zero-order valence-corrected chi connectivity index (χ0v) is 11.1. The minimum Gasteiger partial charge on any atom is -0.292 e. The minimum atomic E-state index is -0.168. The summed E-state index contributed by atoms with van der Waals surface area (Å²) in [4.78, 5) is 21.0. The Morgan fingerprint density at radius 3 is 2.95 bits per heavy atom. The molecule has 1 aliphatic rings. The first-order chi connectivity index (χ1) is 9.25. The van der Waals surface area contributed by atoms with E-state index in [1.54, 1.807) is 18.3 Å². The number of ketones is 1. The van der Waals surface area contributed by atoms with Gasteiger partial charge in [0.1, 0.15) is 5.69 Å². The molecule has 4 heteroatoms. The van der Waals surface area contributed by atoms with Crippen molar-refractivity contribution in [2.45, 2.75) is 25.2 Å². The molecule has 19 heavy (non-hydrogen) atoms. The lowest BCUT2D eigenvalue weighted by Gasteiger charge is -2.22. The summed E-state index contributed by atoms with van der Waals surface area (Å²) in [6.45, 7) is 0. The summed E-state index contributed by atoms with van der Waals surface area (Å²) in [5, 5.41) is 0.540. The number of rotatable bonds is 2. The predicted octanol–water partition coefficient (Wildman–Crippen LogP) is 3.43. The van der Waals surface area contributed by atoms with E-state index >= 15 is 0 Å². The number of halogens is 1. The molecule has 0 fully saturated rings. The van der Waals surface area contributed by atoms with Gasteiger partial charge in [0.15, 0.2) is 5.78 Å². The molecule has 2 aromatic heterocycles. The number of pyridine rings is 2. The Hall–Kier alpha value is -1.74. The SMILES string of the molecule is O=C(c1ccc(Cl)cn1)C1CCCc2cccnc21. The molecule has 1 unspecified atom stereocenters. The minimum absolute atomic E-state index is 0.0383. The van der Waals surface area contributed by atoms with Gasteiger partial charge in [0, 0.05) is 12.4 Å². The van der Waals surface area contributed by atoms with Crippen LogP contribution >= 0.6 is 11.6 Å². The van der Waals surface area contributed by atoms with Crippen LogP contribution in [0.3, 0.4) is 0 Å². The van der Waals surface area contributed by atoms with Crippen LogP contribution in [-0.4, -0.2) is 15.8 Å². The normalized spacial score (nSPS) is 17.8. The fourth-order valence-corrected chi connectivity index (χ4v) is 2.68. The number of nitrogens with zero attached hydrogens (tertiary/aromatic N) is 2. The van der Waals surface area contributed by atoms with Gasteiger partial charge in [-0.1, -0.05) is 17.7 Å². The van der Waals surface area contributed by atoms with Gasteiger partial charge in [-0.2, -0.15) is 0 Å². The molecule has 0 saturated heterocycles. The molecular formula is C15H13ClN2O. The highest BCUT2D eigenvalue weighted by Crippen LogP contribution is 2.32. The van der Waals surface area contributed by atoms with E-state index in [0.717, 1.165) is 25.0 Å². The second-order valence-electron chi connectivity index (χ2n) is 4.72. The summed E-state index contributed by atoms with van der Waals surface area (Å²) >= 11 is 5.80. The van der Waals surface area contributed by atoms with E-state index < -0.39 is 0 Å². The largest absolute Gasteiger partial charge is 0.292 e. The molecule has 0 radical (unpaired) electrons. The Balaban J connectivity index is 1.95. The van der Waals surface area contributed by atoms with Crippen molar-refractivity contribution in [3.8, 4) is 0 Å². The third kappa shape index (κ3) is 2.38. The summed E-state index contributed by atoms with van der Waals surface area (Å²) in [5.41, 5.74) is 2.56. The lowest BCUT2D eigenvalue weighted by molar-refractivity contribution is 0.0944. The maximum absolute atomic E-state index is 12.5. The maximum atomic E-state index is 12.5. The molecule has 0 bridgehead atoms. The Kier molecular flexibility index (Phi) is 3.30. The lowest BCUT2D eigenvalue weighted by Crippen LogP contribution is -2.20. The molecule has 0 spiro atoms. The van der Waals surface area contributed by atoms with Crippen LogP contribution in [0.1, 0.15) is 40.5 Å². The van der Waals surface area contributed by atoms with E-state index in [2.05, 4.69) is 16.0 Å². The lowest BCUT2D eigenvalue weighted by atomic mass is 9.83. The zero-order valence-electron chi connectivity index (χ0n) is 10.3. The van der Waals surface area contributed by atoms with Crippen molar-refractivity contribution in [3.63, 3.8) is 0 Å². The van der Waals surface area contributed by atoms with Gasteiger partial charge in [0.2, 0.25) is 0 Å². The molecule has 2 aromatic rings. The van der Waals surface area contributed by atoms with Crippen molar-refractivity contribution >= 4 is 17.4 Å². The van der Waals surface area contributed by atoms with E-state index in [0.29, 0.717) is 10.7 Å². The third-order valence-corrected chi connectivity index (χ3v) is 3.71. The van der Waals surface area contributed by atoms with Crippen molar-refractivity contribution in [2.75, 3.05) is 0 Å². The number of carbonyl (C=O) groups is 1. The van der Waals surface area contributed by atoms with Gasteiger partial charge in [-0.25, -0.2) is 0 Å². The molecule has 96 valence electrons. The van der Waals surface area contributed by atoms with E-state index in [1.807, 2.05) is 6.07 Å². The highest BCUT2D eigenvalue weighted by Gasteiger charge is 2.28. The molecule has 0 N–H and O–H groups in total. The topological polar surface area (TPSA) is 42.9 Å². The Morgan fingerprint density at radius 2 is 2.16 bits per heavy atom. The molecule has 0 aliphatic heterocycles. The predicted molar refractivity (Wildman–Crippen MR) is 73.5 cm³/mol. The number of Topliss-reactive ketones (excluding diaryl/α,β-unsaturated/α-hetero) is 1. The number of aryl methyl sites for hydroxylation is 1. The number of aromatic nitrogens is 2. The quantitative estimate of drug-likeness (QED) is 0.787.